The molecule has 0 fully saturated rings. The summed E-state index contributed by atoms with van der Waals surface area (Å²) >= 11 is 0. The van der Waals surface area contributed by atoms with Crippen molar-refractivity contribution in [2.45, 2.75) is 6.61 Å². The summed E-state index contributed by atoms with van der Waals surface area (Å²) in [4.78, 5) is 29.9. The van der Waals surface area contributed by atoms with Crippen LogP contribution >= 0.6 is 0 Å². The largest absolute Gasteiger partial charge is 0.493 e. The molecule has 0 unspecified atom stereocenters. The van der Waals surface area contributed by atoms with E-state index in [1.807, 2.05) is 43.3 Å². The van der Waals surface area contributed by atoms with Crippen LogP contribution in [0.2, 0.25) is 0 Å². The molecule has 0 atom stereocenters. The van der Waals surface area contributed by atoms with Gasteiger partial charge in [0.1, 0.15) is 18.1 Å². The fraction of sp³-hybridized carbons (Fsp3) is 0.200. The van der Waals surface area contributed by atoms with E-state index in [0.29, 0.717) is 62.9 Å². The first-order valence-electron chi connectivity index (χ1n) is 14.1. The molecule has 5 rings (SSSR count). The molecule has 10 nitrogen and oxygen atoms in total. The van der Waals surface area contributed by atoms with E-state index in [0.717, 1.165) is 11.3 Å². The van der Waals surface area contributed by atoms with Crippen molar-refractivity contribution in [2.75, 3.05) is 53.2 Å². The molecule has 0 spiro atoms. The molecule has 0 saturated heterocycles. The summed E-state index contributed by atoms with van der Waals surface area (Å²) in [6, 6.07) is 23.3. The van der Waals surface area contributed by atoms with Crippen molar-refractivity contribution in [2.24, 2.45) is 0 Å². The summed E-state index contributed by atoms with van der Waals surface area (Å²) in [6.45, 7) is 0.291. The number of nitrogen functional groups attached to an aromatic ring is 1. The second-order valence-corrected chi connectivity index (χ2v) is 10.4. The van der Waals surface area contributed by atoms with Gasteiger partial charge >= 0.3 is 5.97 Å². The van der Waals surface area contributed by atoms with Gasteiger partial charge in [0.15, 0.2) is 11.5 Å². The number of hydrogen-bond donors (Lipinski definition) is 1. The summed E-state index contributed by atoms with van der Waals surface area (Å²) in [5.74, 6) is 0.909. The van der Waals surface area contributed by atoms with Gasteiger partial charge in [-0.1, -0.05) is 12.1 Å². The highest BCUT2D eigenvalue weighted by Gasteiger charge is 2.27. The van der Waals surface area contributed by atoms with Gasteiger partial charge in [-0.2, -0.15) is 0 Å². The van der Waals surface area contributed by atoms with Crippen molar-refractivity contribution < 1.29 is 28.5 Å². The number of ether oxygens (including phenoxy) is 5. The van der Waals surface area contributed by atoms with E-state index in [1.165, 1.54) is 33.0 Å². The molecule has 1 aromatic heterocycles. The van der Waals surface area contributed by atoms with Crippen LogP contribution in [0.15, 0.2) is 83.7 Å². The van der Waals surface area contributed by atoms with E-state index in [1.54, 1.807) is 54.6 Å². The van der Waals surface area contributed by atoms with Crippen molar-refractivity contribution in [3.8, 4) is 39.8 Å². The maximum atomic E-state index is 14.3. The highest BCUT2D eigenvalue weighted by atomic mass is 16.5. The Labute approximate surface area is 261 Å². The van der Waals surface area contributed by atoms with E-state index >= 15 is 0 Å². The van der Waals surface area contributed by atoms with Crippen LogP contribution in [0.25, 0.3) is 27.6 Å². The van der Waals surface area contributed by atoms with Gasteiger partial charge in [0.05, 0.1) is 33.8 Å². The molecule has 0 aliphatic heterocycles. The standard InChI is InChI=1S/C35H35N3O7/c1-37(2)25-9-7-8-21(16-25)20-45-26-14-15-27-28(19-26)34(39)38(24-12-10-23(36)11-13-24)32(35(40)44-6)31(27)22-17-29(41-3)33(43-5)30(18-22)42-4/h7-19H,20,36H2,1-6H3. The Bertz CT molecular complexity index is 1910. The Hall–Kier alpha value is -5.64. The predicted molar refractivity (Wildman–Crippen MR) is 175 cm³/mol. The molecule has 0 saturated carbocycles. The van der Waals surface area contributed by atoms with Crippen molar-refractivity contribution in [3.63, 3.8) is 0 Å². The first-order chi connectivity index (χ1) is 21.7. The lowest BCUT2D eigenvalue weighted by molar-refractivity contribution is 0.0591. The fourth-order valence-corrected chi connectivity index (χ4v) is 5.24. The number of rotatable bonds is 10. The van der Waals surface area contributed by atoms with Crippen LogP contribution < -0.4 is 35.1 Å². The minimum Gasteiger partial charge on any atom is -0.493 e. The number of esters is 1. The lowest BCUT2D eigenvalue weighted by Gasteiger charge is -2.21. The van der Waals surface area contributed by atoms with Crippen molar-refractivity contribution >= 4 is 28.1 Å². The number of carbonyl (C=O) groups is 1. The number of nitrogens with two attached hydrogens (primary N) is 1. The van der Waals surface area contributed by atoms with Gasteiger partial charge < -0.3 is 34.3 Å². The third-order valence-corrected chi connectivity index (χ3v) is 7.47. The van der Waals surface area contributed by atoms with Crippen LogP contribution in [0.1, 0.15) is 16.1 Å². The van der Waals surface area contributed by atoms with E-state index in [4.69, 9.17) is 29.4 Å². The number of pyridine rings is 1. The van der Waals surface area contributed by atoms with Gasteiger partial charge in [-0.15, -0.1) is 0 Å². The van der Waals surface area contributed by atoms with Crippen molar-refractivity contribution in [3.05, 3.63) is 100 Å². The highest BCUT2D eigenvalue weighted by Crippen LogP contribution is 2.44. The molecule has 5 aromatic rings. The minimum absolute atomic E-state index is 0.0169. The van der Waals surface area contributed by atoms with Crippen LogP contribution in [0.4, 0.5) is 11.4 Å². The lowest BCUT2D eigenvalue weighted by Crippen LogP contribution is -2.27. The highest BCUT2D eigenvalue weighted by molar-refractivity contribution is 6.08. The maximum absolute atomic E-state index is 14.3. The zero-order chi connectivity index (χ0) is 32.2. The molecule has 0 radical (unpaired) electrons. The molecular formula is C35H35N3O7. The van der Waals surface area contributed by atoms with Gasteiger partial charge in [0.25, 0.3) is 5.56 Å². The fourth-order valence-electron chi connectivity index (χ4n) is 5.24. The van der Waals surface area contributed by atoms with Gasteiger partial charge in [-0.05, 0) is 83.2 Å². The van der Waals surface area contributed by atoms with Crippen molar-refractivity contribution in [1.82, 2.24) is 4.57 Å². The van der Waals surface area contributed by atoms with Crippen LogP contribution in [-0.4, -0.2) is 53.1 Å². The smallest absolute Gasteiger partial charge is 0.355 e. The second-order valence-electron chi connectivity index (χ2n) is 10.4. The SMILES string of the molecule is COC(=O)c1c(-c2cc(OC)c(OC)c(OC)c2)c2ccc(OCc3cccc(N(C)C)c3)cc2c(=O)n1-c1ccc(N)cc1. The third kappa shape index (κ3) is 5.95. The van der Waals surface area contributed by atoms with Crippen LogP contribution in [0.3, 0.4) is 0 Å². The van der Waals surface area contributed by atoms with Gasteiger partial charge in [0, 0.05) is 36.7 Å². The molecule has 2 N–H and O–H groups in total. The molecule has 0 amide bonds. The summed E-state index contributed by atoms with van der Waals surface area (Å²) in [6.07, 6.45) is 0. The predicted octanol–water partition coefficient (Wildman–Crippen LogP) is 5.70. The molecular weight excluding hydrogens is 574 g/mol. The van der Waals surface area contributed by atoms with E-state index in [2.05, 4.69) is 0 Å². The van der Waals surface area contributed by atoms with E-state index in [9.17, 15) is 9.59 Å². The Morgan fingerprint density at radius 1 is 0.822 bits per heavy atom. The summed E-state index contributed by atoms with van der Waals surface area (Å²) in [7, 11) is 9.74. The van der Waals surface area contributed by atoms with Crippen LogP contribution in [-0.2, 0) is 11.3 Å². The summed E-state index contributed by atoms with van der Waals surface area (Å²) in [5.41, 5.74) is 9.45. The Morgan fingerprint density at radius 3 is 2.11 bits per heavy atom. The number of aromatic nitrogens is 1. The summed E-state index contributed by atoms with van der Waals surface area (Å²) < 4.78 is 29.5. The first kappa shape index (κ1) is 30.8. The number of nitrogens with zero attached hydrogens (tertiary/aromatic N) is 2. The molecule has 1 heterocycles. The number of methoxy groups -OCH3 is 4. The zero-order valence-electron chi connectivity index (χ0n) is 26.0. The monoisotopic (exact) mass is 609 g/mol. The van der Waals surface area contributed by atoms with Gasteiger partial charge in [-0.25, -0.2) is 4.79 Å². The first-order valence-corrected chi connectivity index (χ1v) is 14.1. The molecule has 45 heavy (non-hydrogen) atoms. The quantitative estimate of drug-likeness (QED) is 0.157. The molecule has 10 heteroatoms. The number of hydrogen-bond acceptors (Lipinski definition) is 9. The maximum Gasteiger partial charge on any atom is 0.355 e. The molecule has 0 aliphatic rings. The van der Waals surface area contributed by atoms with Crippen LogP contribution in [0, 0.1) is 0 Å². The van der Waals surface area contributed by atoms with E-state index in [-0.39, 0.29) is 5.69 Å². The number of fused-ring (bicyclic) bond motifs is 1. The molecule has 4 aromatic carbocycles. The average Bonchev–Trinajstić information content (AvgIpc) is 3.06. The minimum atomic E-state index is -0.712. The number of benzene rings is 4. The molecule has 0 aliphatic carbocycles. The average molecular weight is 610 g/mol. The Balaban J connectivity index is 1.79. The second kappa shape index (κ2) is 12.9. The summed E-state index contributed by atoms with van der Waals surface area (Å²) in [5, 5.41) is 0.825. The molecule has 0 bridgehead atoms. The third-order valence-electron chi connectivity index (χ3n) is 7.47. The Kier molecular flexibility index (Phi) is 8.85. The lowest BCUT2D eigenvalue weighted by atomic mass is 9.95. The number of anilines is 2. The zero-order valence-corrected chi connectivity index (χ0v) is 26.0. The topological polar surface area (TPSA) is 114 Å². The van der Waals surface area contributed by atoms with Crippen LogP contribution in [0.5, 0.6) is 23.0 Å². The Morgan fingerprint density at radius 2 is 1.51 bits per heavy atom. The van der Waals surface area contributed by atoms with E-state index < -0.39 is 11.5 Å². The van der Waals surface area contributed by atoms with Gasteiger partial charge in [0.2, 0.25) is 5.75 Å². The normalized spacial score (nSPS) is 10.8. The van der Waals surface area contributed by atoms with Crippen molar-refractivity contribution in [1.29, 1.82) is 0 Å². The number of carbonyl (C=O) groups excluding carboxylic acids is 1. The molecule has 232 valence electrons. The van der Waals surface area contributed by atoms with Gasteiger partial charge in [-0.3, -0.25) is 9.36 Å².